The summed E-state index contributed by atoms with van der Waals surface area (Å²) in [6, 6.07) is 0. The number of amides is 1. The van der Waals surface area contributed by atoms with Crippen LogP contribution in [0.2, 0.25) is 0 Å². The van der Waals surface area contributed by atoms with Crippen molar-refractivity contribution >= 4 is 11.9 Å². The van der Waals surface area contributed by atoms with Gasteiger partial charge in [0.15, 0.2) is 0 Å². The summed E-state index contributed by atoms with van der Waals surface area (Å²) in [5.74, 6) is -1.41. The summed E-state index contributed by atoms with van der Waals surface area (Å²) >= 11 is 0. The van der Waals surface area contributed by atoms with E-state index >= 15 is 0 Å². The first-order chi connectivity index (χ1) is 7.02. The summed E-state index contributed by atoms with van der Waals surface area (Å²) in [6.45, 7) is 4.74. The minimum atomic E-state index is -0.875. The number of hydrogen-bond acceptors (Lipinski definition) is 3. The van der Waals surface area contributed by atoms with E-state index in [1.807, 2.05) is 6.92 Å². The van der Waals surface area contributed by atoms with E-state index in [4.69, 9.17) is 10.8 Å². The van der Waals surface area contributed by atoms with Crippen molar-refractivity contribution in [3.63, 3.8) is 0 Å². The fourth-order valence-corrected chi connectivity index (χ4v) is 1.23. The summed E-state index contributed by atoms with van der Waals surface area (Å²) in [4.78, 5) is 23.8. The van der Waals surface area contributed by atoms with Crippen molar-refractivity contribution < 1.29 is 14.7 Å². The van der Waals surface area contributed by atoms with Gasteiger partial charge in [0.05, 0.1) is 5.92 Å². The van der Waals surface area contributed by atoms with Crippen molar-refractivity contribution in [2.24, 2.45) is 11.7 Å². The molecular formula is C10H20N2O3. The van der Waals surface area contributed by atoms with Crippen LogP contribution in [0.4, 0.5) is 0 Å². The van der Waals surface area contributed by atoms with Crippen molar-refractivity contribution in [3.05, 3.63) is 0 Å². The van der Waals surface area contributed by atoms with Crippen LogP contribution in [-0.4, -0.2) is 41.5 Å². The molecule has 3 N–H and O–H groups in total. The molecule has 0 aromatic carbocycles. The minimum Gasteiger partial charge on any atom is -0.481 e. The van der Waals surface area contributed by atoms with E-state index in [1.54, 1.807) is 11.8 Å². The number of carbonyl (C=O) groups is 2. The fraction of sp³-hybridized carbons (Fsp3) is 0.800. The second kappa shape index (κ2) is 7.23. The number of aliphatic carboxylic acids is 1. The van der Waals surface area contributed by atoms with Crippen molar-refractivity contribution in [2.75, 3.05) is 19.6 Å². The molecule has 1 amide bonds. The zero-order valence-electron chi connectivity index (χ0n) is 9.40. The summed E-state index contributed by atoms with van der Waals surface area (Å²) in [5, 5.41) is 8.73. The van der Waals surface area contributed by atoms with Gasteiger partial charge in [-0.05, 0) is 19.9 Å². The molecule has 0 aromatic rings. The molecule has 0 saturated heterocycles. The minimum absolute atomic E-state index is 0.0175. The van der Waals surface area contributed by atoms with Crippen LogP contribution >= 0.6 is 0 Å². The van der Waals surface area contributed by atoms with Crippen molar-refractivity contribution in [1.29, 1.82) is 0 Å². The van der Waals surface area contributed by atoms with Gasteiger partial charge in [-0.25, -0.2) is 0 Å². The lowest BCUT2D eigenvalue weighted by Crippen LogP contribution is -2.36. The Kier molecular flexibility index (Phi) is 6.70. The standard InChI is InChI=1S/C10H20N2O3/c1-3-12(7-8(2)10(14)15)9(13)5-4-6-11/h8H,3-7,11H2,1-2H3,(H,14,15). The Morgan fingerprint density at radius 3 is 2.47 bits per heavy atom. The van der Waals surface area contributed by atoms with Crippen LogP contribution in [0.3, 0.4) is 0 Å². The van der Waals surface area contributed by atoms with Crippen LogP contribution in [0.25, 0.3) is 0 Å². The maximum atomic E-state index is 11.6. The molecule has 0 aromatic heterocycles. The molecule has 0 saturated carbocycles. The van der Waals surface area contributed by atoms with Gasteiger partial charge in [-0.2, -0.15) is 0 Å². The molecule has 0 rings (SSSR count). The third-order valence-corrected chi connectivity index (χ3v) is 2.25. The molecule has 1 atom stereocenters. The van der Waals surface area contributed by atoms with Gasteiger partial charge >= 0.3 is 5.97 Å². The topological polar surface area (TPSA) is 83.6 Å². The molecule has 0 fully saturated rings. The van der Waals surface area contributed by atoms with E-state index in [1.165, 1.54) is 0 Å². The highest BCUT2D eigenvalue weighted by atomic mass is 16.4. The van der Waals surface area contributed by atoms with E-state index in [0.29, 0.717) is 25.9 Å². The van der Waals surface area contributed by atoms with Gasteiger partial charge < -0.3 is 15.7 Å². The average Bonchev–Trinajstić information content (AvgIpc) is 2.21. The molecule has 5 heteroatoms. The lowest BCUT2D eigenvalue weighted by molar-refractivity contribution is -0.143. The number of rotatable bonds is 7. The van der Waals surface area contributed by atoms with E-state index in [-0.39, 0.29) is 12.5 Å². The zero-order valence-corrected chi connectivity index (χ0v) is 9.40. The highest BCUT2D eigenvalue weighted by Crippen LogP contribution is 2.03. The normalized spacial score (nSPS) is 12.2. The third kappa shape index (κ3) is 5.37. The number of hydrogen-bond donors (Lipinski definition) is 2. The van der Waals surface area contributed by atoms with Gasteiger partial charge in [-0.3, -0.25) is 9.59 Å². The highest BCUT2D eigenvalue weighted by Gasteiger charge is 2.18. The Labute approximate surface area is 90.2 Å². The first-order valence-electron chi connectivity index (χ1n) is 5.23. The van der Waals surface area contributed by atoms with Gasteiger partial charge in [0, 0.05) is 19.5 Å². The summed E-state index contributed by atoms with van der Waals surface area (Å²) < 4.78 is 0. The molecule has 0 heterocycles. The van der Waals surface area contributed by atoms with Gasteiger partial charge in [0.25, 0.3) is 0 Å². The fourth-order valence-electron chi connectivity index (χ4n) is 1.23. The van der Waals surface area contributed by atoms with Crippen molar-refractivity contribution in [1.82, 2.24) is 4.90 Å². The van der Waals surface area contributed by atoms with Crippen molar-refractivity contribution in [2.45, 2.75) is 26.7 Å². The van der Waals surface area contributed by atoms with Gasteiger partial charge in [-0.1, -0.05) is 6.92 Å². The smallest absolute Gasteiger partial charge is 0.308 e. The molecule has 0 spiro atoms. The van der Waals surface area contributed by atoms with Gasteiger partial charge in [-0.15, -0.1) is 0 Å². The number of carboxylic acids is 1. The van der Waals surface area contributed by atoms with E-state index in [9.17, 15) is 9.59 Å². The molecule has 0 radical (unpaired) electrons. The maximum Gasteiger partial charge on any atom is 0.308 e. The first-order valence-corrected chi connectivity index (χ1v) is 5.23. The van der Waals surface area contributed by atoms with Gasteiger partial charge in [0.2, 0.25) is 5.91 Å². The highest BCUT2D eigenvalue weighted by molar-refractivity contribution is 5.77. The Morgan fingerprint density at radius 1 is 1.47 bits per heavy atom. The maximum absolute atomic E-state index is 11.6. The van der Waals surface area contributed by atoms with Crippen LogP contribution < -0.4 is 5.73 Å². The van der Waals surface area contributed by atoms with Crippen LogP contribution in [0, 0.1) is 5.92 Å². The molecule has 0 aliphatic heterocycles. The summed E-state index contributed by atoms with van der Waals surface area (Å²) in [6.07, 6.45) is 1.05. The lowest BCUT2D eigenvalue weighted by Gasteiger charge is -2.22. The van der Waals surface area contributed by atoms with E-state index in [0.717, 1.165) is 0 Å². The largest absolute Gasteiger partial charge is 0.481 e. The summed E-state index contributed by atoms with van der Waals surface area (Å²) in [7, 11) is 0. The van der Waals surface area contributed by atoms with Crippen LogP contribution in [0.5, 0.6) is 0 Å². The zero-order chi connectivity index (χ0) is 11.8. The molecule has 5 nitrogen and oxygen atoms in total. The van der Waals surface area contributed by atoms with E-state index < -0.39 is 11.9 Å². The molecule has 0 aliphatic carbocycles. The number of carboxylic acid groups (broad SMARTS) is 1. The number of carbonyl (C=O) groups excluding carboxylic acids is 1. The predicted molar refractivity (Wildman–Crippen MR) is 57.3 cm³/mol. The molecule has 0 bridgehead atoms. The predicted octanol–water partition coefficient (Wildman–Crippen LogP) is 0.295. The molecule has 0 aliphatic rings. The van der Waals surface area contributed by atoms with Crippen LogP contribution in [-0.2, 0) is 9.59 Å². The quantitative estimate of drug-likeness (QED) is 0.641. The molecular weight excluding hydrogens is 196 g/mol. The monoisotopic (exact) mass is 216 g/mol. The Balaban J connectivity index is 4.11. The Bertz CT molecular complexity index is 219. The Hall–Kier alpha value is -1.10. The second-order valence-electron chi connectivity index (χ2n) is 3.56. The molecule has 88 valence electrons. The lowest BCUT2D eigenvalue weighted by atomic mass is 10.1. The second-order valence-corrected chi connectivity index (χ2v) is 3.56. The summed E-state index contributed by atoms with van der Waals surface area (Å²) in [5.41, 5.74) is 5.30. The van der Waals surface area contributed by atoms with Crippen molar-refractivity contribution in [3.8, 4) is 0 Å². The average molecular weight is 216 g/mol. The van der Waals surface area contributed by atoms with Gasteiger partial charge in [0.1, 0.15) is 0 Å². The van der Waals surface area contributed by atoms with Crippen LogP contribution in [0.15, 0.2) is 0 Å². The van der Waals surface area contributed by atoms with Crippen LogP contribution in [0.1, 0.15) is 26.7 Å². The third-order valence-electron chi connectivity index (χ3n) is 2.25. The Morgan fingerprint density at radius 2 is 2.07 bits per heavy atom. The molecule has 15 heavy (non-hydrogen) atoms. The molecule has 1 unspecified atom stereocenters. The number of nitrogens with zero attached hydrogens (tertiary/aromatic N) is 1. The van der Waals surface area contributed by atoms with E-state index in [2.05, 4.69) is 0 Å². The SMILES string of the molecule is CCN(CC(C)C(=O)O)C(=O)CCCN. The first kappa shape index (κ1) is 13.9. The number of nitrogens with two attached hydrogens (primary N) is 1.